The molecule has 5 heteroatoms. The van der Waals surface area contributed by atoms with Crippen LogP contribution in [0.15, 0.2) is 0 Å². The van der Waals surface area contributed by atoms with Gasteiger partial charge in [-0.15, -0.1) is 0 Å². The Labute approximate surface area is 89.2 Å². The van der Waals surface area contributed by atoms with Gasteiger partial charge in [-0.1, -0.05) is 22.6 Å². The molecule has 13 heavy (non-hydrogen) atoms. The number of rotatable bonds is 1. The van der Waals surface area contributed by atoms with E-state index in [1.165, 1.54) is 0 Å². The van der Waals surface area contributed by atoms with Gasteiger partial charge in [0.15, 0.2) is 5.60 Å². The molecule has 1 heterocycles. The maximum atomic E-state index is 12.5. The van der Waals surface area contributed by atoms with E-state index < -0.39 is 17.4 Å². The van der Waals surface area contributed by atoms with Crippen molar-refractivity contribution in [3.05, 3.63) is 0 Å². The normalized spacial score (nSPS) is 41.1. The van der Waals surface area contributed by atoms with Gasteiger partial charge >= 0.3 is 6.18 Å². The van der Waals surface area contributed by atoms with Crippen molar-refractivity contribution in [3.63, 3.8) is 0 Å². The van der Waals surface area contributed by atoms with E-state index in [-0.39, 0.29) is 6.42 Å². The highest BCUT2D eigenvalue weighted by molar-refractivity contribution is 14.1. The van der Waals surface area contributed by atoms with Gasteiger partial charge in [-0.25, -0.2) is 0 Å². The van der Waals surface area contributed by atoms with Crippen LogP contribution in [-0.4, -0.2) is 21.8 Å². The van der Waals surface area contributed by atoms with E-state index in [1.807, 2.05) is 0 Å². The summed E-state index contributed by atoms with van der Waals surface area (Å²) in [6, 6.07) is 0. The topological polar surface area (TPSA) is 9.23 Å². The first-order valence-electron chi connectivity index (χ1n) is 4.05. The highest BCUT2D eigenvalue weighted by Crippen LogP contribution is 2.47. The Balaban J connectivity index is 2.78. The number of hydrogen-bond acceptors (Lipinski definition) is 1. The average Bonchev–Trinajstić information content (AvgIpc) is 2.29. The van der Waals surface area contributed by atoms with Gasteiger partial charge in [0, 0.05) is 4.43 Å². The van der Waals surface area contributed by atoms with Crippen LogP contribution < -0.4 is 0 Å². The van der Waals surface area contributed by atoms with Crippen molar-refractivity contribution in [2.75, 3.05) is 4.43 Å². The zero-order chi connectivity index (χ0) is 10.3. The Bertz CT molecular complexity index is 206. The Hall–Kier alpha value is 0.480. The monoisotopic (exact) mass is 308 g/mol. The van der Waals surface area contributed by atoms with Crippen LogP contribution in [0, 0.1) is 0 Å². The summed E-state index contributed by atoms with van der Waals surface area (Å²) in [6.45, 7) is 2.86. The molecule has 1 aliphatic rings. The van der Waals surface area contributed by atoms with E-state index >= 15 is 0 Å². The van der Waals surface area contributed by atoms with Gasteiger partial charge in [-0.2, -0.15) is 13.2 Å². The van der Waals surface area contributed by atoms with Gasteiger partial charge in [0.1, 0.15) is 0 Å². The standard InChI is InChI=1S/C8H12F3IO/c1-6(5-12)3-4-7(2,13-6)8(9,10)11/h3-5H2,1-2H3. The summed E-state index contributed by atoms with van der Waals surface area (Å²) in [4.78, 5) is 0. The van der Waals surface area contributed by atoms with Crippen LogP contribution in [0.25, 0.3) is 0 Å². The van der Waals surface area contributed by atoms with E-state index in [1.54, 1.807) is 6.92 Å². The van der Waals surface area contributed by atoms with Crippen LogP contribution in [0.3, 0.4) is 0 Å². The van der Waals surface area contributed by atoms with Crippen molar-refractivity contribution in [2.45, 2.75) is 44.1 Å². The molecule has 0 spiro atoms. The lowest BCUT2D eigenvalue weighted by atomic mass is 9.99. The SMILES string of the molecule is CC1(CI)CCC(C)(C(F)(F)F)O1. The summed E-state index contributed by atoms with van der Waals surface area (Å²) in [5.74, 6) is 0. The molecule has 0 N–H and O–H groups in total. The summed E-state index contributed by atoms with van der Waals surface area (Å²) in [5.41, 5.74) is -2.54. The predicted molar refractivity (Wildman–Crippen MR) is 52.1 cm³/mol. The number of hydrogen-bond donors (Lipinski definition) is 0. The van der Waals surface area contributed by atoms with Crippen LogP contribution >= 0.6 is 22.6 Å². The molecule has 1 saturated heterocycles. The molecule has 1 fully saturated rings. The lowest BCUT2D eigenvalue weighted by molar-refractivity contribution is -0.273. The van der Waals surface area contributed by atoms with Crippen LogP contribution in [0.2, 0.25) is 0 Å². The van der Waals surface area contributed by atoms with Crippen LogP contribution in [-0.2, 0) is 4.74 Å². The first-order chi connectivity index (χ1) is 5.72. The lowest BCUT2D eigenvalue weighted by Crippen LogP contribution is -2.44. The highest BCUT2D eigenvalue weighted by atomic mass is 127. The number of alkyl halides is 4. The van der Waals surface area contributed by atoms with Crippen molar-refractivity contribution in [3.8, 4) is 0 Å². The fourth-order valence-corrected chi connectivity index (χ4v) is 1.98. The third-order valence-corrected chi connectivity index (χ3v) is 4.10. The fraction of sp³-hybridized carbons (Fsp3) is 1.00. The van der Waals surface area contributed by atoms with E-state index in [0.29, 0.717) is 10.8 Å². The Morgan fingerprint density at radius 1 is 1.31 bits per heavy atom. The van der Waals surface area contributed by atoms with Gasteiger partial charge in [-0.3, -0.25) is 0 Å². The highest BCUT2D eigenvalue weighted by Gasteiger charge is 2.59. The molecule has 1 rings (SSSR count). The second-order valence-corrected chi connectivity index (χ2v) is 4.68. The summed E-state index contributed by atoms with van der Waals surface area (Å²) in [7, 11) is 0. The van der Waals surface area contributed by atoms with Crippen molar-refractivity contribution in [2.24, 2.45) is 0 Å². The van der Waals surface area contributed by atoms with Gasteiger partial charge < -0.3 is 4.74 Å². The summed E-state index contributed by atoms with van der Waals surface area (Å²) < 4.78 is 43.2. The molecule has 2 atom stereocenters. The second kappa shape index (κ2) is 3.25. The zero-order valence-corrected chi connectivity index (χ0v) is 9.70. The minimum Gasteiger partial charge on any atom is -0.359 e. The van der Waals surface area contributed by atoms with Gasteiger partial charge in [-0.05, 0) is 26.7 Å². The number of ether oxygens (including phenoxy) is 1. The van der Waals surface area contributed by atoms with Gasteiger partial charge in [0.05, 0.1) is 5.60 Å². The molecule has 1 nitrogen and oxygen atoms in total. The molecule has 0 aromatic rings. The summed E-state index contributed by atoms with van der Waals surface area (Å²) in [5, 5.41) is 0. The average molecular weight is 308 g/mol. The quantitative estimate of drug-likeness (QED) is 0.533. The molecular weight excluding hydrogens is 296 g/mol. The predicted octanol–water partition coefficient (Wildman–Crippen LogP) is 3.31. The van der Waals surface area contributed by atoms with Crippen molar-refractivity contribution < 1.29 is 17.9 Å². The minimum absolute atomic E-state index is 0.0655. The third kappa shape index (κ3) is 2.11. The Morgan fingerprint density at radius 2 is 1.85 bits per heavy atom. The molecular formula is C8H12F3IO. The first kappa shape index (κ1) is 11.6. The van der Waals surface area contributed by atoms with Crippen LogP contribution in [0.4, 0.5) is 13.2 Å². The molecule has 0 bridgehead atoms. The lowest BCUT2D eigenvalue weighted by Gasteiger charge is -2.30. The minimum atomic E-state index is -4.25. The third-order valence-electron chi connectivity index (χ3n) is 2.48. The van der Waals surface area contributed by atoms with E-state index in [0.717, 1.165) is 6.92 Å². The van der Waals surface area contributed by atoms with Crippen molar-refractivity contribution in [1.82, 2.24) is 0 Å². The molecule has 0 radical (unpaired) electrons. The summed E-state index contributed by atoms with van der Waals surface area (Å²) in [6.07, 6.45) is -3.71. The second-order valence-electron chi connectivity index (χ2n) is 3.91. The van der Waals surface area contributed by atoms with Gasteiger partial charge in [0.25, 0.3) is 0 Å². The van der Waals surface area contributed by atoms with E-state index in [4.69, 9.17) is 4.74 Å². The maximum absolute atomic E-state index is 12.5. The summed E-state index contributed by atoms with van der Waals surface area (Å²) >= 11 is 2.06. The van der Waals surface area contributed by atoms with Crippen molar-refractivity contribution >= 4 is 22.6 Å². The van der Waals surface area contributed by atoms with E-state index in [9.17, 15) is 13.2 Å². The van der Waals surface area contributed by atoms with Crippen molar-refractivity contribution in [1.29, 1.82) is 0 Å². The molecule has 78 valence electrons. The van der Waals surface area contributed by atoms with Crippen LogP contribution in [0.5, 0.6) is 0 Å². The maximum Gasteiger partial charge on any atom is 0.417 e. The van der Waals surface area contributed by atoms with Crippen LogP contribution in [0.1, 0.15) is 26.7 Å². The number of halogens is 4. The van der Waals surface area contributed by atoms with Gasteiger partial charge in [0.2, 0.25) is 0 Å². The smallest absolute Gasteiger partial charge is 0.359 e. The first-order valence-corrected chi connectivity index (χ1v) is 5.58. The zero-order valence-electron chi connectivity index (χ0n) is 7.54. The Kier molecular flexibility index (Phi) is 2.89. The molecule has 0 aromatic carbocycles. The molecule has 0 saturated carbocycles. The largest absolute Gasteiger partial charge is 0.417 e. The molecule has 0 aliphatic carbocycles. The fourth-order valence-electron chi connectivity index (χ4n) is 1.44. The molecule has 0 amide bonds. The Morgan fingerprint density at radius 3 is 2.08 bits per heavy atom. The molecule has 2 unspecified atom stereocenters. The van der Waals surface area contributed by atoms with E-state index in [2.05, 4.69) is 22.6 Å². The molecule has 0 aromatic heterocycles. The molecule has 1 aliphatic heterocycles.